The minimum Gasteiger partial charge on any atom is -0.461 e. The number of hydrogen-bond donors (Lipinski definition) is 1. The molecule has 0 spiro atoms. The van der Waals surface area contributed by atoms with E-state index in [1.807, 2.05) is 0 Å². The molecule has 0 amide bonds. The van der Waals surface area contributed by atoms with E-state index in [1.54, 1.807) is 11.6 Å². The lowest BCUT2D eigenvalue weighted by Crippen LogP contribution is -2.09. The van der Waals surface area contributed by atoms with Gasteiger partial charge in [0, 0.05) is 12.1 Å². The van der Waals surface area contributed by atoms with Crippen molar-refractivity contribution in [3.8, 4) is 0 Å². The van der Waals surface area contributed by atoms with Gasteiger partial charge in [-0.05, 0) is 19.8 Å². The molecule has 5 heteroatoms. The fraction of sp³-hybridized carbons (Fsp3) is 0.692. The van der Waals surface area contributed by atoms with Crippen LogP contribution in [-0.4, -0.2) is 22.4 Å². The highest BCUT2D eigenvalue weighted by Crippen LogP contribution is 2.20. The molecule has 0 saturated heterocycles. The van der Waals surface area contributed by atoms with E-state index in [2.05, 4.69) is 18.9 Å². The first-order chi connectivity index (χ1) is 8.65. The smallest absolute Gasteiger partial charge is 0.359 e. The van der Waals surface area contributed by atoms with Gasteiger partial charge in [0.15, 0.2) is 5.69 Å². The molecule has 0 aliphatic rings. The van der Waals surface area contributed by atoms with E-state index in [4.69, 9.17) is 10.5 Å². The Bertz CT molecular complexity index is 399. The number of aromatic nitrogens is 2. The molecular formula is C13H23N3O2. The van der Waals surface area contributed by atoms with Gasteiger partial charge in [0.2, 0.25) is 0 Å². The third-order valence-corrected chi connectivity index (χ3v) is 2.79. The molecule has 2 N–H and O–H groups in total. The number of unbranched alkanes of at least 4 members (excludes halogenated alkanes) is 1. The molecule has 0 fully saturated rings. The van der Waals surface area contributed by atoms with Crippen molar-refractivity contribution in [2.24, 2.45) is 0 Å². The van der Waals surface area contributed by atoms with Gasteiger partial charge < -0.3 is 10.5 Å². The second kappa shape index (κ2) is 7.03. The summed E-state index contributed by atoms with van der Waals surface area (Å²) in [7, 11) is 0. The number of nitrogens with two attached hydrogens (primary N) is 1. The number of nitrogen functional groups attached to an aromatic ring is 1. The molecule has 1 heterocycles. The summed E-state index contributed by atoms with van der Waals surface area (Å²) in [6.07, 6.45) is 3.75. The molecule has 18 heavy (non-hydrogen) atoms. The van der Waals surface area contributed by atoms with Crippen LogP contribution in [-0.2, 0) is 17.7 Å². The Morgan fingerprint density at radius 2 is 2.06 bits per heavy atom. The Hall–Kier alpha value is -1.52. The van der Waals surface area contributed by atoms with Crippen LogP contribution in [0.2, 0.25) is 0 Å². The van der Waals surface area contributed by atoms with E-state index in [9.17, 15) is 4.79 Å². The van der Waals surface area contributed by atoms with Gasteiger partial charge >= 0.3 is 5.97 Å². The molecule has 0 aromatic carbocycles. The van der Waals surface area contributed by atoms with E-state index in [-0.39, 0.29) is 5.97 Å². The first-order valence-electron chi connectivity index (χ1n) is 6.67. The standard InChI is InChI=1S/C13H23N3O2/c1-4-7-9-16-12(14)10(8-5-2)11(15-16)13(17)18-6-3/h4-9,14H2,1-3H3. The predicted molar refractivity (Wildman–Crippen MR) is 71.5 cm³/mol. The van der Waals surface area contributed by atoms with Gasteiger partial charge in [-0.3, -0.25) is 0 Å². The van der Waals surface area contributed by atoms with Crippen molar-refractivity contribution in [2.75, 3.05) is 12.3 Å². The topological polar surface area (TPSA) is 70.1 Å². The maximum absolute atomic E-state index is 11.8. The van der Waals surface area contributed by atoms with E-state index >= 15 is 0 Å². The Morgan fingerprint density at radius 3 is 2.61 bits per heavy atom. The van der Waals surface area contributed by atoms with Crippen LogP contribution in [0.1, 0.15) is 56.1 Å². The fourth-order valence-corrected chi connectivity index (χ4v) is 1.85. The van der Waals surface area contributed by atoms with E-state index in [1.165, 1.54) is 0 Å². The Balaban J connectivity index is 3.02. The zero-order chi connectivity index (χ0) is 13.5. The van der Waals surface area contributed by atoms with Crippen LogP contribution in [0, 0.1) is 0 Å². The summed E-state index contributed by atoms with van der Waals surface area (Å²) in [4.78, 5) is 11.8. The summed E-state index contributed by atoms with van der Waals surface area (Å²) < 4.78 is 6.74. The van der Waals surface area contributed by atoms with Gasteiger partial charge in [-0.15, -0.1) is 0 Å². The summed E-state index contributed by atoms with van der Waals surface area (Å²) in [5, 5.41) is 4.30. The van der Waals surface area contributed by atoms with Crippen LogP contribution in [0.15, 0.2) is 0 Å². The summed E-state index contributed by atoms with van der Waals surface area (Å²) >= 11 is 0. The van der Waals surface area contributed by atoms with Crippen LogP contribution in [0.5, 0.6) is 0 Å². The first kappa shape index (κ1) is 14.5. The highest BCUT2D eigenvalue weighted by Gasteiger charge is 2.21. The Labute approximate surface area is 108 Å². The minimum absolute atomic E-state index is 0.353. The van der Waals surface area contributed by atoms with Crippen LogP contribution >= 0.6 is 0 Å². The van der Waals surface area contributed by atoms with Gasteiger partial charge in [0.05, 0.1) is 6.61 Å². The van der Waals surface area contributed by atoms with Crippen LogP contribution in [0.25, 0.3) is 0 Å². The molecule has 0 atom stereocenters. The maximum atomic E-state index is 11.8. The zero-order valence-electron chi connectivity index (χ0n) is 11.5. The summed E-state index contributed by atoms with van der Waals surface area (Å²) in [5.41, 5.74) is 7.27. The first-order valence-corrected chi connectivity index (χ1v) is 6.67. The van der Waals surface area contributed by atoms with Gasteiger partial charge in [0.1, 0.15) is 5.82 Å². The lowest BCUT2D eigenvalue weighted by atomic mass is 10.1. The number of nitrogens with zero attached hydrogens (tertiary/aromatic N) is 2. The molecule has 102 valence electrons. The summed E-state index contributed by atoms with van der Waals surface area (Å²) in [6, 6.07) is 0. The largest absolute Gasteiger partial charge is 0.461 e. The summed E-state index contributed by atoms with van der Waals surface area (Å²) in [6.45, 7) is 7.05. The van der Waals surface area contributed by atoms with Crippen molar-refractivity contribution in [2.45, 2.75) is 53.0 Å². The van der Waals surface area contributed by atoms with Crippen molar-refractivity contribution in [1.29, 1.82) is 0 Å². The second-order valence-corrected chi connectivity index (χ2v) is 4.26. The van der Waals surface area contributed by atoms with E-state index < -0.39 is 0 Å². The predicted octanol–water partition coefficient (Wildman–Crippen LogP) is 2.39. The number of carbonyl (C=O) groups excluding carboxylic acids is 1. The molecule has 0 aliphatic carbocycles. The quantitative estimate of drug-likeness (QED) is 0.757. The van der Waals surface area contributed by atoms with Crippen molar-refractivity contribution in [3.05, 3.63) is 11.3 Å². The molecule has 0 bridgehead atoms. The maximum Gasteiger partial charge on any atom is 0.359 e. The third kappa shape index (κ3) is 3.24. The fourth-order valence-electron chi connectivity index (χ4n) is 1.85. The van der Waals surface area contributed by atoms with Gasteiger partial charge in [-0.25, -0.2) is 9.48 Å². The van der Waals surface area contributed by atoms with Crippen molar-refractivity contribution in [3.63, 3.8) is 0 Å². The molecule has 0 unspecified atom stereocenters. The minimum atomic E-state index is -0.372. The van der Waals surface area contributed by atoms with Gasteiger partial charge in [-0.1, -0.05) is 26.7 Å². The number of ether oxygens (including phenoxy) is 1. The van der Waals surface area contributed by atoms with Crippen molar-refractivity contribution in [1.82, 2.24) is 9.78 Å². The van der Waals surface area contributed by atoms with Crippen molar-refractivity contribution >= 4 is 11.8 Å². The van der Waals surface area contributed by atoms with Crippen LogP contribution < -0.4 is 5.73 Å². The Kier molecular flexibility index (Phi) is 5.68. The summed E-state index contributed by atoms with van der Waals surface area (Å²) in [5.74, 6) is 0.233. The molecule has 0 radical (unpaired) electrons. The number of hydrogen-bond acceptors (Lipinski definition) is 4. The van der Waals surface area contributed by atoms with Crippen LogP contribution in [0.4, 0.5) is 5.82 Å². The molecule has 0 saturated carbocycles. The molecule has 1 aromatic rings. The highest BCUT2D eigenvalue weighted by molar-refractivity contribution is 5.90. The number of aryl methyl sites for hydroxylation is 1. The third-order valence-electron chi connectivity index (χ3n) is 2.79. The molecule has 1 rings (SSSR count). The molecule has 0 aliphatic heterocycles. The Morgan fingerprint density at radius 1 is 1.33 bits per heavy atom. The molecule has 1 aromatic heterocycles. The van der Waals surface area contributed by atoms with Gasteiger partial charge in [0.25, 0.3) is 0 Å². The lowest BCUT2D eigenvalue weighted by Gasteiger charge is -2.03. The number of esters is 1. The zero-order valence-corrected chi connectivity index (χ0v) is 11.5. The average Bonchev–Trinajstić information content (AvgIpc) is 2.66. The van der Waals surface area contributed by atoms with E-state index in [0.29, 0.717) is 18.1 Å². The monoisotopic (exact) mass is 253 g/mol. The molecule has 5 nitrogen and oxygen atoms in total. The van der Waals surface area contributed by atoms with Crippen LogP contribution in [0.3, 0.4) is 0 Å². The average molecular weight is 253 g/mol. The normalized spacial score (nSPS) is 10.6. The number of rotatable bonds is 7. The second-order valence-electron chi connectivity index (χ2n) is 4.26. The number of carbonyl (C=O) groups is 1. The van der Waals surface area contributed by atoms with Gasteiger partial charge in [-0.2, -0.15) is 5.10 Å². The van der Waals surface area contributed by atoms with E-state index in [0.717, 1.165) is 37.8 Å². The SMILES string of the molecule is CCCCn1nc(C(=O)OCC)c(CCC)c1N. The highest BCUT2D eigenvalue weighted by atomic mass is 16.5. The van der Waals surface area contributed by atoms with Crippen molar-refractivity contribution < 1.29 is 9.53 Å². The number of anilines is 1. The lowest BCUT2D eigenvalue weighted by molar-refractivity contribution is 0.0517. The molecular weight excluding hydrogens is 230 g/mol.